The fraction of sp³-hybridized carbons (Fsp3) is 0.833. The maximum atomic E-state index is 11.7. The molecule has 1 unspecified atom stereocenters. The minimum Gasteiger partial charge on any atom is -0.480 e. The average Bonchev–Trinajstić information content (AvgIpc) is 2.20. The van der Waals surface area contributed by atoms with Gasteiger partial charge in [0.25, 0.3) is 0 Å². The molecule has 0 bridgehead atoms. The van der Waals surface area contributed by atoms with Crippen molar-refractivity contribution in [2.45, 2.75) is 46.6 Å². The van der Waals surface area contributed by atoms with Gasteiger partial charge in [0.05, 0.1) is 0 Å². The van der Waals surface area contributed by atoms with Crippen LogP contribution in [0.4, 0.5) is 0 Å². The Labute approximate surface area is 103 Å². The van der Waals surface area contributed by atoms with Crippen LogP contribution in [0.15, 0.2) is 0 Å². The van der Waals surface area contributed by atoms with Crippen LogP contribution in [-0.2, 0) is 9.59 Å². The van der Waals surface area contributed by atoms with Gasteiger partial charge in [-0.2, -0.15) is 0 Å². The molecule has 5 nitrogen and oxygen atoms in total. The predicted molar refractivity (Wildman–Crippen MR) is 66.5 cm³/mol. The molecule has 0 aliphatic heterocycles. The van der Waals surface area contributed by atoms with E-state index in [1.54, 1.807) is 20.8 Å². The third-order valence-corrected chi connectivity index (χ3v) is 2.80. The fourth-order valence-corrected chi connectivity index (χ4v) is 1.53. The Balaban J connectivity index is 4.48. The number of carboxylic acids is 1. The fourth-order valence-electron chi connectivity index (χ4n) is 1.53. The first kappa shape index (κ1) is 15.9. The molecule has 0 rings (SSSR count). The minimum atomic E-state index is -1.01. The molecule has 0 aliphatic carbocycles. The summed E-state index contributed by atoms with van der Waals surface area (Å²) in [6.45, 7) is 7.76. The van der Waals surface area contributed by atoms with E-state index in [9.17, 15) is 9.59 Å². The molecule has 4 N–H and O–H groups in total. The first-order valence-electron chi connectivity index (χ1n) is 5.94. The molecule has 0 aromatic rings. The summed E-state index contributed by atoms with van der Waals surface area (Å²) in [7, 11) is 0. The van der Waals surface area contributed by atoms with E-state index in [-0.39, 0.29) is 18.2 Å². The summed E-state index contributed by atoms with van der Waals surface area (Å²) in [6, 6.07) is -0.870. The number of aliphatic carboxylic acids is 1. The second kappa shape index (κ2) is 6.59. The molecular weight excluding hydrogens is 220 g/mol. The first-order chi connectivity index (χ1) is 7.72. The highest BCUT2D eigenvalue weighted by Crippen LogP contribution is 2.20. The molecule has 1 amide bonds. The molecule has 2 atom stereocenters. The Hall–Kier alpha value is -1.10. The van der Waals surface area contributed by atoms with E-state index in [2.05, 4.69) is 5.32 Å². The Morgan fingerprint density at radius 3 is 2.18 bits per heavy atom. The van der Waals surface area contributed by atoms with Crippen LogP contribution in [0, 0.1) is 11.3 Å². The van der Waals surface area contributed by atoms with Gasteiger partial charge in [0.2, 0.25) is 5.91 Å². The van der Waals surface area contributed by atoms with Gasteiger partial charge in [-0.15, -0.1) is 0 Å². The van der Waals surface area contributed by atoms with Crippen molar-refractivity contribution in [2.75, 3.05) is 6.54 Å². The lowest BCUT2D eigenvalue weighted by Crippen LogP contribution is -2.49. The van der Waals surface area contributed by atoms with E-state index in [0.29, 0.717) is 6.54 Å². The van der Waals surface area contributed by atoms with Crippen LogP contribution in [0.2, 0.25) is 0 Å². The largest absolute Gasteiger partial charge is 0.480 e. The maximum absolute atomic E-state index is 11.7. The van der Waals surface area contributed by atoms with Crippen molar-refractivity contribution in [1.29, 1.82) is 0 Å². The number of nitrogens with two attached hydrogens (primary N) is 1. The van der Waals surface area contributed by atoms with Crippen molar-refractivity contribution >= 4 is 11.9 Å². The second-order valence-electron chi connectivity index (χ2n) is 5.42. The van der Waals surface area contributed by atoms with Crippen LogP contribution in [0.25, 0.3) is 0 Å². The molecule has 0 saturated carbocycles. The molecule has 17 heavy (non-hydrogen) atoms. The second-order valence-corrected chi connectivity index (χ2v) is 5.42. The Bertz CT molecular complexity index is 267. The summed E-state index contributed by atoms with van der Waals surface area (Å²) < 4.78 is 0. The van der Waals surface area contributed by atoms with Crippen molar-refractivity contribution < 1.29 is 14.7 Å². The SMILES string of the molecule is CCC(CN)CC(=O)N[C@H](C(=O)O)C(C)(C)C. The summed E-state index contributed by atoms with van der Waals surface area (Å²) in [5.74, 6) is -1.14. The third-order valence-electron chi connectivity index (χ3n) is 2.80. The average molecular weight is 244 g/mol. The van der Waals surface area contributed by atoms with E-state index in [1.165, 1.54) is 0 Å². The van der Waals surface area contributed by atoms with Gasteiger partial charge in [-0.25, -0.2) is 4.79 Å². The van der Waals surface area contributed by atoms with Gasteiger partial charge in [-0.05, 0) is 17.9 Å². The quantitative estimate of drug-likeness (QED) is 0.649. The number of carbonyl (C=O) groups is 2. The molecule has 0 radical (unpaired) electrons. The van der Waals surface area contributed by atoms with Crippen LogP contribution < -0.4 is 11.1 Å². The number of hydrogen-bond donors (Lipinski definition) is 3. The van der Waals surface area contributed by atoms with Gasteiger partial charge >= 0.3 is 5.97 Å². The molecule has 0 fully saturated rings. The van der Waals surface area contributed by atoms with Gasteiger partial charge in [-0.3, -0.25) is 4.79 Å². The molecule has 5 heteroatoms. The highest BCUT2D eigenvalue weighted by atomic mass is 16.4. The molecule has 0 saturated heterocycles. The van der Waals surface area contributed by atoms with Crippen LogP contribution >= 0.6 is 0 Å². The molecule has 0 spiro atoms. The zero-order chi connectivity index (χ0) is 13.6. The summed E-state index contributed by atoms with van der Waals surface area (Å²) in [5.41, 5.74) is 5.00. The third kappa shape index (κ3) is 5.68. The van der Waals surface area contributed by atoms with Gasteiger partial charge < -0.3 is 16.2 Å². The molecule has 100 valence electrons. The van der Waals surface area contributed by atoms with E-state index < -0.39 is 17.4 Å². The number of carbonyl (C=O) groups excluding carboxylic acids is 1. The number of hydrogen-bond acceptors (Lipinski definition) is 3. The van der Waals surface area contributed by atoms with E-state index >= 15 is 0 Å². The summed E-state index contributed by atoms with van der Waals surface area (Å²) in [5, 5.41) is 11.6. The van der Waals surface area contributed by atoms with Crippen LogP contribution in [-0.4, -0.2) is 29.6 Å². The van der Waals surface area contributed by atoms with E-state index in [4.69, 9.17) is 10.8 Å². The number of nitrogens with one attached hydrogen (secondary N) is 1. The lowest BCUT2D eigenvalue weighted by Gasteiger charge is -2.28. The van der Waals surface area contributed by atoms with Gasteiger partial charge in [0.15, 0.2) is 0 Å². The number of amides is 1. The monoisotopic (exact) mass is 244 g/mol. The summed E-state index contributed by atoms with van der Waals surface area (Å²) >= 11 is 0. The topological polar surface area (TPSA) is 92.4 Å². The van der Waals surface area contributed by atoms with Gasteiger partial charge in [0.1, 0.15) is 6.04 Å². The highest BCUT2D eigenvalue weighted by molar-refractivity contribution is 5.84. The Kier molecular flexibility index (Phi) is 6.16. The smallest absolute Gasteiger partial charge is 0.326 e. The number of rotatable bonds is 6. The lowest BCUT2D eigenvalue weighted by atomic mass is 9.86. The van der Waals surface area contributed by atoms with Crippen LogP contribution in [0.1, 0.15) is 40.5 Å². The lowest BCUT2D eigenvalue weighted by molar-refractivity contribution is -0.145. The molecule has 0 heterocycles. The van der Waals surface area contributed by atoms with Crippen molar-refractivity contribution in [3.8, 4) is 0 Å². The van der Waals surface area contributed by atoms with Crippen molar-refractivity contribution in [3.63, 3.8) is 0 Å². The predicted octanol–water partition coefficient (Wildman–Crippen LogP) is 0.977. The maximum Gasteiger partial charge on any atom is 0.326 e. The zero-order valence-corrected chi connectivity index (χ0v) is 11.1. The van der Waals surface area contributed by atoms with Crippen molar-refractivity contribution in [2.24, 2.45) is 17.1 Å². The summed E-state index contributed by atoms with van der Waals surface area (Å²) in [4.78, 5) is 22.8. The Morgan fingerprint density at radius 2 is 1.88 bits per heavy atom. The molecular formula is C12H24N2O3. The molecule has 0 aromatic heterocycles. The Morgan fingerprint density at radius 1 is 1.35 bits per heavy atom. The van der Waals surface area contributed by atoms with E-state index in [1.807, 2.05) is 6.92 Å². The molecule has 0 aliphatic rings. The first-order valence-corrected chi connectivity index (χ1v) is 5.94. The van der Waals surface area contributed by atoms with Crippen molar-refractivity contribution in [1.82, 2.24) is 5.32 Å². The highest BCUT2D eigenvalue weighted by Gasteiger charge is 2.32. The van der Waals surface area contributed by atoms with Crippen LogP contribution in [0.5, 0.6) is 0 Å². The zero-order valence-electron chi connectivity index (χ0n) is 11.1. The van der Waals surface area contributed by atoms with Crippen LogP contribution in [0.3, 0.4) is 0 Å². The standard InChI is InChI=1S/C12H24N2O3/c1-5-8(7-13)6-9(15)14-10(11(16)17)12(2,3)4/h8,10H,5-7,13H2,1-4H3,(H,14,15)(H,16,17)/t8?,10-/m1/s1. The van der Waals surface area contributed by atoms with Gasteiger partial charge in [-0.1, -0.05) is 34.1 Å². The summed E-state index contributed by atoms with van der Waals surface area (Å²) in [6.07, 6.45) is 1.10. The number of carboxylic acid groups (broad SMARTS) is 1. The normalized spacial score (nSPS) is 15.1. The van der Waals surface area contributed by atoms with E-state index in [0.717, 1.165) is 6.42 Å². The van der Waals surface area contributed by atoms with Crippen molar-refractivity contribution in [3.05, 3.63) is 0 Å². The molecule has 0 aromatic carbocycles. The van der Waals surface area contributed by atoms with Gasteiger partial charge in [0, 0.05) is 6.42 Å². The minimum absolute atomic E-state index is 0.115.